The van der Waals surface area contributed by atoms with E-state index in [0.717, 1.165) is 20.7 Å². The molecule has 2 aromatic rings. The fourth-order valence-corrected chi connectivity index (χ4v) is 2.41. The molecule has 2 rings (SSSR count). The molecule has 3 N–H and O–H groups in total. The van der Waals surface area contributed by atoms with Crippen LogP contribution >= 0.6 is 27.5 Å². The van der Waals surface area contributed by atoms with Crippen LogP contribution in [0.4, 0.5) is 5.69 Å². The van der Waals surface area contributed by atoms with Crippen molar-refractivity contribution in [1.82, 2.24) is 0 Å². The van der Waals surface area contributed by atoms with Gasteiger partial charge in [-0.15, -0.1) is 0 Å². The van der Waals surface area contributed by atoms with Gasteiger partial charge in [-0.05, 0) is 35.9 Å². The molecule has 0 bridgehead atoms. The molecular weight excluding hydrogens is 312 g/mol. The molecule has 18 heavy (non-hydrogen) atoms. The summed E-state index contributed by atoms with van der Waals surface area (Å²) in [5.41, 5.74) is 7.86. The number of hydrogen-bond acceptors (Lipinski definition) is 2. The Morgan fingerprint density at radius 2 is 1.89 bits per heavy atom. The van der Waals surface area contributed by atoms with Crippen LogP contribution in [0.5, 0.6) is 0 Å². The molecule has 0 saturated carbocycles. The Hall–Kier alpha value is -1.03. The third-order valence-corrected chi connectivity index (χ3v) is 3.52. The zero-order valence-electron chi connectivity index (χ0n) is 9.74. The van der Waals surface area contributed by atoms with Crippen molar-refractivity contribution in [1.29, 1.82) is 0 Å². The Balaban J connectivity index is 2.26. The van der Waals surface area contributed by atoms with E-state index in [0.29, 0.717) is 6.54 Å². The Morgan fingerprint density at radius 3 is 2.56 bits per heavy atom. The van der Waals surface area contributed by atoms with Gasteiger partial charge >= 0.3 is 0 Å². The first-order valence-corrected chi connectivity index (χ1v) is 6.84. The largest absolute Gasteiger partial charge is 0.377 e. The van der Waals surface area contributed by atoms with Gasteiger partial charge in [-0.3, -0.25) is 0 Å². The van der Waals surface area contributed by atoms with E-state index in [1.807, 2.05) is 48.5 Å². The summed E-state index contributed by atoms with van der Waals surface area (Å²) in [7, 11) is 0. The quantitative estimate of drug-likeness (QED) is 0.883. The van der Waals surface area contributed by atoms with Crippen LogP contribution in [0.3, 0.4) is 0 Å². The molecule has 1 atom stereocenters. The normalized spacial score (nSPS) is 12.2. The highest BCUT2D eigenvalue weighted by Gasteiger charge is 2.13. The van der Waals surface area contributed by atoms with Gasteiger partial charge < -0.3 is 11.1 Å². The molecule has 0 amide bonds. The minimum absolute atomic E-state index is 0.00241. The molecule has 94 valence electrons. The van der Waals surface area contributed by atoms with Gasteiger partial charge in [0.1, 0.15) is 0 Å². The molecule has 4 heteroatoms. The second-order valence-electron chi connectivity index (χ2n) is 3.96. The molecule has 0 fully saturated rings. The second-order valence-corrected chi connectivity index (χ2v) is 5.29. The van der Waals surface area contributed by atoms with E-state index in [2.05, 4.69) is 21.2 Å². The van der Waals surface area contributed by atoms with Gasteiger partial charge in [0.25, 0.3) is 0 Å². The molecule has 0 spiro atoms. The van der Waals surface area contributed by atoms with E-state index >= 15 is 0 Å². The van der Waals surface area contributed by atoms with Crippen molar-refractivity contribution in [3.05, 3.63) is 63.6 Å². The summed E-state index contributed by atoms with van der Waals surface area (Å²) >= 11 is 9.67. The maximum Gasteiger partial charge on any atom is 0.0651 e. The smallest absolute Gasteiger partial charge is 0.0651 e. The zero-order chi connectivity index (χ0) is 13.0. The van der Waals surface area contributed by atoms with E-state index < -0.39 is 0 Å². The molecule has 1 unspecified atom stereocenters. The lowest BCUT2D eigenvalue weighted by Crippen LogP contribution is -2.20. The lowest BCUT2D eigenvalue weighted by molar-refractivity contribution is 0.789. The summed E-state index contributed by atoms with van der Waals surface area (Å²) in [5.74, 6) is 0. The van der Waals surface area contributed by atoms with Crippen molar-refractivity contribution in [3.8, 4) is 0 Å². The number of halogens is 2. The van der Waals surface area contributed by atoms with Gasteiger partial charge in [-0.25, -0.2) is 0 Å². The molecular formula is C14H14BrClN2. The Bertz CT molecular complexity index is 516. The number of benzene rings is 2. The molecule has 0 saturated heterocycles. The zero-order valence-corrected chi connectivity index (χ0v) is 12.1. The summed E-state index contributed by atoms with van der Waals surface area (Å²) in [6.07, 6.45) is 0. The molecule has 2 aromatic carbocycles. The Labute approximate surface area is 120 Å². The van der Waals surface area contributed by atoms with Gasteiger partial charge in [0.2, 0.25) is 0 Å². The molecule has 0 aliphatic heterocycles. The van der Waals surface area contributed by atoms with E-state index in [1.165, 1.54) is 0 Å². The van der Waals surface area contributed by atoms with Gasteiger partial charge in [0, 0.05) is 21.7 Å². The minimum Gasteiger partial charge on any atom is -0.377 e. The van der Waals surface area contributed by atoms with Crippen LogP contribution in [0.25, 0.3) is 0 Å². The van der Waals surface area contributed by atoms with Gasteiger partial charge in [0.05, 0.1) is 6.04 Å². The fraction of sp³-hybridized carbons (Fsp3) is 0.143. The maximum absolute atomic E-state index is 6.22. The first-order valence-electron chi connectivity index (χ1n) is 5.67. The predicted molar refractivity (Wildman–Crippen MR) is 81.0 cm³/mol. The van der Waals surface area contributed by atoms with Crippen LogP contribution in [0.15, 0.2) is 53.0 Å². The maximum atomic E-state index is 6.22. The molecule has 0 heterocycles. The predicted octanol–water partition coefficient (Wildman–Crippen LogP) is 4.21. The van der Waals surface area contributed by atoms with Crippen LogP contribution in [-0.4, -0.2) is 6.54 Å². The number of rotatable bonds is 4. The fourth-order valence-electron chi connectivity index (χ4n) is 1.78. The van der Waals surface area contributed by atoms with E-state index in [4.69, 9.17) is 17.3 Å². The van der Waals surface area contributed by atoms with Crippen molar-refractivity contribution in [2.45, 2.75) is 6.04 Å². The van der Waals surface area contributed by atoms with E-state index in [1.54, 1.807) is 0 Å². The number of para-hydroxylation sites is 1. The SMILES string of the molecule is NCC(Nc1ccccc1)c1cc(Br)ccc1Cl. The highest BCUT2D eigenvalue weighted by atomic mass is 79.9. The van der Waals surface area contributed by atoms with Gasteiger partial charge in [-0.1, -0.05) is 45.7 Å². The monoisotopic (exact) mass is 324 g/mol. The summed E-state index contributed by atoms with van der Waals surface area (Å²) in [6.45, 7) is 0.477. The second kappa shape index (κ2) is 6.23. The minimum atomic E-state index is -0.00241. The van der Waals surface area contributed by atoms with Gasteiger partial charge in [-0.2, -0.15) is 0 Å². The number of hydrogen-bond donors (Lipinski definition) is 2. The van der Waals surface area contributed by atoms with Crippen molar-refractivity contribution in [2.24, 2.45) is 5.73 Å². The molecule has 0 aliphatic rings. The van der Waals surface area contributed by atoms with Crippen LogP contribution in [-0.2, 0) is 0 Å². The number of anilines is 1. The topological polar surface area (TPSA) is 38.0 Å². The van der Waals surface area contributed by atoms with Crippen molar-refractivity contribution in [2.75, 3.05) is 11.9 Å². The van der Waals surface area contributed by atoms with Crippen molar-refractivity contribution >= 4 is 33.2 Å². The van der Waals surface area contributed by atoms with Crippen molar-refractivity contribution < 1.29 is 0 Å². The van der Waals surface area contributed by atoms with E-state index in [-0.39, 0.29) is 6.04 Å². The average Bonchev–Trinajstić information content (AvgIpc) is 2.40. The third kappa shape index (κ3) is 3.25. The average molecular weight is 326 g/mol. The van der Waals surface area contributed by atoms with Crippen LogP contribution in [0.2, 0.25) is 5.02 Å². The first kappa shape index (κ1) is 13.4. The van der Waals surface area contributed by atoms with Gasteiger partial charge in [0.15, 0.2) is 0 Å². The molecule has 0 aromatic heterocycles. The standard InChI is InChI=1S/C14H14BrClN2/c15-10-6-7-13(16)12(8-10)14(9-17)18-11-4-2-1-3-5-11/h1-8,14,18H,9,17H2. The highest BCUT2D eigenvalue weighted by Crippen LogP contribution is 2.28. The summed E-state index contributed by atoms with van der Waals surface area (Å²) in [4.78, 5) is 0. The summed E-state index contributed by atoms with van der Waals surface area (Å²) in [5, 5.41) is 4.10. The third-order valence-electron chi connectivity index (χ3n) is 2.68. The van der Waals surface area contributed by atoms with Crippen LogP contribution in [0.1, 0.15) is 11.6 Å². The number of nitrogens with two attached hydrogens (primary N) is 1. The van der Waals surface area contributed by atoms with E-state index in [9.17, 15) is 0 Å². The summed E-state index contributed by atoms with van der Waals surface area (Å²) < 4.78 is 0.996. The Kier molecular flexibility index (Phi) is 4.64. The summed E-state index contributed by atoms with van der Waals surface area (Å²) in [6, 6.07) is 15.8. The van der Waals surface area contributed by atoms with Crippen LogP contribution < -0.4 is 11.1 Å². The molecule has 0 aliphatic carbocycles. The van der Waals surface area contributed by atoms with Crippen LogP contribution in [0, 0.1) is 0 Å². The molecule has 0 radical (unpaired) electrons. The lowest BCUT2D eigenvalue weighted by Gasteiger charge is -2.20. The lowest BCUT2D eigenvalue weighted by atomic mass is 10.1. The van der Waals surface area contributed by atoms with Crippen molar-refractivity contribution in [3.63, 3.8) is 0 Å². The highest BCUT2D eigenvalue weighted by molar-refractivity contribution is 9.10. The molecule has 2 nitrogen and oxygen atoms in total. The Morgan fingerprint density at radius 1 is 1.17 bits per heavy atom. The first-order chi connectivity index (χ1) is 8.70. The number of nitrogens with one attached hydrogen (secondary N) is 1.